The molecule has 118 valence electrons. The highest BCUT2D eigenvalue weighted by atomic mass is 35.5. The van der Waals surface area contributed by atoms with Gasteiger partial charge >= 0.3 is 0 Å². The fourth-order valence-electron chi connectivity index (χ4n) is 2.75. The smallest absolute Gasteiger partial charge is 0.124 e. The third-order valence-corrected chi connectivity index (χ3v) is 3.77. The Hall–Kier alpha value is -1.94. The van der Waals surface area contributed by atoms with Crippen LogP contribution >= 0.6 is 12.4 Å². The molecule has 0 saturated carbocycles. The summed E-state index contributed by atoms with van der Waals surface area (Å²) in [6.07, 6.45) is 1.05. The van der Waals surface area contributed by atoms with Crippen molar-refractivity contribution in [1.29, 1.82) is 0 Å². The number of halogens is 2. The lowest BCUT2D eigenvalue weighted by atomic mass is 10.1. The zero-order valence-corrected chi connectivity index (χ0v) is 13.3. The van der Waals surface area contributed by atoms with Crippen molar-refractivity contribution in [3.05, 3.63) is 53.8 Å². The highest BCUT2D eigenvalue weighted by molar-refractivity contribution is 5.85. The monoisotopic (exact) mass is 322 g/mol. The quantitative estimate of drug-likeness (QED) is 0.921. The molecule has 0 atom stereocenters. The number of ether oxygens (including phenoxy) is 1. The molecule has 0 amide bonds. The van der Waals surface area contributed by atoms with E-state index in [1.807, 2.05) is 12.1 Å². The summed E-state index contributed by atoms with van der Waals surface area (Å²) in [5.41, 5.74) is 3.15. The minimum atomic E-state index is -0.230. The third-order valence-electron chi connectivity index (χ3n) is 3.77. The lowest BCUT2D eigenvalue weighted by Gasteiger charge is -2.25. The minimum Gasteiger partial charge on any atom is -0.496 e. The first-order valence-electron chi connectivity index (χ1n) is 7.18. The van der Waals surface area contributed by atoms with Crippen molar-refractivity contribution in [3.63, 3.8) is 0 Å². The van der Waals surface area contributed by atoms with Crippen LogP contribution in [-0.4, -0.2) is 20.2 Å². The standard InChI is InChI=1S/C17H19FN2O.ClH/c1-21-17-8-7-14(18)11-13(17)12-20-10-4-9-19-15-5-2-3-6-16(15)20;/h2-3,5-8,11,19H,4,9-10,12H2,1H3;1H. The van der Waals surface area contributed by atoms with Gasteiger partial charge in [-0.25, -0.2) is 4.39 Å². The van der Waals surface area contributed by atoms with E-state index in [2.05, 4.69) is 22.3 Å². The molecule has 0 radical (unpaired) electrons. The molecule has 2 aromatic rings. The molecule has 3 rings (SSSR count). The number of benzene rings is 2. The Balaban J connectivity index is 0.00000176. The van der Waals surface area contributed by atoms with Gasteiger partial charge in [-0.05, 0) is 36.8 Å². The van der Waals surface area contributed by atoms with Crippen molar-refractivity contribution in [1.82, 2.24) is 0 Å². The Morgan fingerprint density at radius 2 is 2.05 bits per heavy atom. The van der Waals surface area contributed by atoms with E-state index in [1.165, 1.54) is 6.07 Å². The zero-order valence-electron chi connectivity index (χ0n) is 12.5. The maximum atomic E-state index is 13.5. The first-order valence-corrected chi connectivity index (χ1v) is 7.18. The molecule has 22 heavy (non-hydrogen) atoms. The Kier molecular flexibility index (Phi) is 5.50. The molecule has 1 heterocycles. The molecule has 1 N–H and O–H groups in total. The molecule has 0 unspecified atom stereocenters. The number of nitrogens with zero attached hydrogens (tertiary/aromatic N) is 1. The van der Waals surface area contributed by atoms with Crippen LogP contribution in [0.25, 0.3) is 0 Å². The van der Waals surface area contributed by atoms with Gasteiger partial charge in [0.1, 0.15) is 11.6 Å². The van der Waals surface area contributed by atoms with Crippen LogP contribution < -0.4 is 15.0 Å². The number of nitrogens with one attached hydrogen (secondary N) is 1. The maximum absolute atomic E-state index is 13.5. The fourth-order valence-corrected chi connectivity index (χ4v) is 2.75. The first-order chi connectivity index (χ1) is 10.3. The number of anilines is 2. The number of fused-ring (bicyclic) bond motifs is 1. The van der Waals surface area contributed by atoms with Gasteiger partial charge in [-0.15, -0.1) is 12.4 Å². The van der Waals surface area contributed by atoms with Gasteiger partial charge in [0.25, 0.3) is 0 Å². The molecular formula is C17H20ClFN2O. The van der Waals surface area contributed by atoms with Crippen molar-refractivity contribution < 1.29 is 9.13 Å². The van der Waals surface area contributed by atoms with E-state index in [4.69, 9.17) is 4.74 Å². The number of para-hydroxylation sites is 2. The van der Waals surface area contributed by atoms with Gasteiger partial charge < -0.3 is 15.0 Å². The van der Waals surface area contributed by atoms with Crippen LogP contribution in [0.3, 0.4) is 0 Å². The molecule has 0 saturated heterocycles. The number of hydrogen-bond acceptors (Lipinski definition) is 3. The second kappa shape index (κ2) is 7.36. The van der Waals surface area contributed by atoms with Crippen molar-refractivity contribution in [2.45, 2.75) is 13.0 Å². The van der Waals surface area contributed by atoms with E-state index < -0.39 is 0 Å². The predicted molar refractivity (Wildman–Crippen MR) is 90.8 cm³/mol. The number of hydrogen-bond donors (Lipinski definition) is 1. The SMILES string of the molecule is COc1ccc(F)cc1CN1CCCNc2ccccc21.Cl. The molecule has 5 heteroatoms. The summed E-state index contributed by atoms with van der Waals surface area (Å²) in [5.74, 6) is 0.498. The second-order valence-electron chi connectivity index (χ2n) is 5.18. The predicted octanol–water partition coefficient (Wildman–Crippen LogP) is 4.08. The molecule has 0 aromatic heterocycles. The van der Waals surface area contributed by atoms with Crippen LogP contribution in [0.1, 0.15) is 12.0 Å². The van der Waals surface area contributed by atoms with Crippen LogP contribution in [0.2, 0.25) is 0 Å². The van der Waals surface area contributed by atoms with Gasteiger partial charge in [-0.2, -0.15) is 0 Å². The Morgan fingerprint density at radius 1 is 1.23 bits per heavy atom. The summed E-state index contributed by atoms with van der Waals surface area (Å²) in [5, 5.41) is 3.43. The normalized spacial score (nSPS) is 13.5. The summed E-state index contributed by atoms with van der Waals surface area (Å²) in [7, 11) is 1.62. The highest BCUT2D eigenvalue weighted by Crippen LogP contribution is 2.31. The van der Waals surface area contributed by atoms with Crippen LogP contribution in [0.5, 0.6) is 5.75 Å². The van der Waals surface area contributed by atoms with Crippen molar-refractivity contribution in [2.24, 2.45) is 0 Å². The molecular weight excluding hydrogens is 303 g/mol. The Bertz CT molecular complexity index is 636. The van der Waals surface area contributed by atoms with Gasteiger partial charge in [0.15, 0.2) is 0 Å². The summed E-state index contributed by atoms with van der Waals surface area (Å²) < 4.78 is 18.9. The van der Waals surface area contributed by atoms with E-state index in [-0.39, 0.29) is 18.2 Å². The Morgan fingerprint density at radius 3 is 2.86 bits per heavy atom. The van der Waals surface area contributed by atoms with Gasteiger partial charge in [0, 0.05) is 25.2 Å². The average molecular weight is 323 g/mol. The molecule has 2 aromatic carbocycles. The van der Waals surface area contributed by atoms with Gasteiger partial charge in [0.2, 0.25) is 0 Å². The molecule has 0 spiro atoms. The van der Waals surface area contributed by atoms with E-state index in [0.717, 1.165) is 42.2 Å². The van der Waals surface area contributed by atoms with Gasteiger partial charge in [-0.1, -0.05) is 12.1 Å². The van der Waals surface area contributed by atoms with Crippen molar-refractivity contribution in [3.8, 4) is 5.75 Å². The summed E-state index contributed by atoms with van der Waals surface area (Å²) in [6.45, 7) is 2.52. The molecule has 0 bridgehead atoms. The number of rotatable bonds is 3. The second-order valence-corrected chi connectivity index (χ2v) is 5.18. The molecule has 1 aliphatic heterocycles. The van der Waals surface area contributed by atoms with Gasteiger partial charge in [0.05, 0.1) is 18.5 Å². The van der Waals surface area contributed by atoms with Crippen molar-refractivity contribution in [2.75, 3.05) is 30.4 Å². The average Bonchev–Trinajstić information content (AvgIpc) is 2.70. The topological polar surface area (TPSA) is 24.5 Å². The first kappa shape index (κ1) is 16.4. The maximum Gasteiger partial charge on any atom is 0.124 e. The zero-order chi connectivity index (χ0) is 14.7. The third kappa shape index (κ3) is 3.45. The van der Waals surface area contributed by atoms with Gasteiger partial charge in [-0.3, -0.25) is 0 Å². The molecule has 0 fully saturated rings. The largest absolute Gasteiger partial charge is 0.496 e. The van der Waals surface area contributed by atoms with Crippen molar-refractivity contribution >= 4 is 23.8 Å². The summed E-state index contributed by atoms with van der Waals surface area (Å²) in [4.78, 5) is 2.27. The van der Waals surface area contributed by atoms with Crippen LogP contribution in [-0.2, 0) is 6.54 Å². The van der Waals surface area contributed by atoms with Crippen LogP contribution in [0.15, 0.2) is 42.5 Å². The molecule has 3 nitrogen and oxygen atoms in total. The van der Waals surface area contributed by atoms with E-state index in [9.17, 15) is 4.39 Å². The molecule has 0 aliphatic carbocycles. The number of methoxy groups -OCH3 is 1. The highest BCUT2D eigenvalue weighted by Gasteiger charge is 2.16. The lowest BCUT2D eigenvalue weighted by molar-refractivity contribution is 0.407. The van der Waals surface area contributed by atoms with E-state index >= 15 is 0 Å². The summed E-state index contributed by atoms with van der Waals surface area (Å²) >= 11 is 0. The van der Waals surface area contributed by atoms with E-state index in [0.29, 0.717) is 6.54 Å². The van der Waals surface area contributed by atoms with Crippen LogP contribution in [0.4, 0.5) is 15.8 Å². The Labute approximate surface area is 136 Å². The van der Waals surface area contributed by atoms with E-state index in [1.54, 1.807) is 19.2 Å². The molecule has 1 aliphatic rings. The lowest BCUT2D eigenvalue weighted by Crippen LogP contribution is -2.23. The fraction of sp³-hybridized carbons (Fsp3) is 0.294. The van der Waals surface area contributed by atoms with Crippen LogP contribution in [0, 0.1) is 5.82 Å². The minimum absolute atomic E-state index is 0. The summed E-state index contributed by atoms with van der Waals surface area (Å²) in [6, 6.07) is 12.9.